The molecule has 0 atom stereocenters. The second kappa shape index (κ2) is 6.32. The molecule has 5 heteroatoms. The third-order valence-corrected chi connectivity index (χ3v) is 4.76. The maximum absolute atomic E-state index is 4.33. The van der Waals surface area contributed by atoms with Crippen molar-refractivity contribution in [2.24, 2.45) is 7.05 Å². The van der Waals surface area contributed by atoms with Gasteiger partial charge in [-0.1, -0.05) is 36.0 Å². The Morgan fingerprint density at radius 1 is 1.05 bits per heavy atom. The quantitative estimate of drug-likeness (QED) is 0.688. The minimum Gasteiger partial charge on any atom is -0.304 e. The van der Waals surface area contributed by atoms with Crippen LogP contribution in [0.3, 0.4) is 0 Å². The third-order valence-electron chi connectivity index (χ3n) is 3.67. The van der Waals surface area contributed by atoms with Crippen LogP contribution in [0.4, 0.5) is 0 Å². The van der Waals surface area contributed by atoms with Crippen molar-refractivity contribution in [2.75, 3.05) is 0 Å². The molecular weight excluding hydrogens is 292 g/mol. The van der Waals surface area contributed by atoms with Crippen LogP contribution in [-0.2, 0) is 12.8 Å². The predicted molar refractivity (Wildman–Crippen MR) is 89.7 cm³/mol. The van der Waals surface area contributed by atoms with Crippen molar-refractivity contribution in [3.8, 4) is 11.5 Å². The Kier molecular flexibility index (Phi) is 4.24. The molecule has 0 aliphatic heterocycles. The molecule has 2 aromatic heterocycles. The number of nitrogens with zero attached hydrogens (tertiary/aromatic N) is 4. The number of rotatable bonds is 4. The summed E-state index contributed by atoms with van der Waals surface area (Å²) in [6.07, 6.45) is 1.77. The molecule has 0 saturated carbocycles. The molecule has 0 fully saturated rings. The van der Waals surface area contributed by atoms with Crippen molar-refractivity contribution in [3.05, 3.63) is 59.3 Å². The highest BCUT2D eigenvalue weighted by molar-refractivity contribution is 7.98. The normalized spacial score (nSPS) is 10.9. The first kappa shape index (κ1) is 14.8. The van der Waals surface area contributed by atoms with Gasteiger partial charge in [-0.15, -0.1) is 10.2 Å². The topological polar surface area (TPSA) is 43.6 Å². The molecule has 3 rings (SSSR count). The number of aromatic nitrogens is 4. The van der Waals surface area contributed by atoms with Crippen LogP contribution in [0.5, 0.6) is 0 Å². The van der Waals surface area contributed by atoms with E-state index in [4.69, 9.17) is 0 Å². The molecule has 0 bridgehead atoms. The smallest absolute Gasteiger partial charge is 0.191 e. The summed E-state index contributed by atoms with van der Waals surface area (Å²) in [5, 5.41) is 9.44. The van der Waals surface area contributed by atoms with Crippen LogP contribution >= 0.6 is 11.8 Å². The van der Waals surface area contributed by atoms with E-state index < -0.39 is 0 Å². The number of aryl methyl sites for hydroxylation is 2. The van der Waals surface area contributed by atoms with Gasteiger partial charge in [0.25, 0.3) is 0 Å². The molecule has 2 heterocycles. The molecule has 112 valence electrons. The van der Waals surface area contributed by atoms with Crippen LogP contribution in [0.2, 0.25) is 0 Å². The average Bonchev–Trinajstić information content (AvgIpc) is 2.90. The Morgan fingerprint density at radius 3 is 2.64 bits per heavy atom. The number of hydrogen-bond acceptors (Lipinski definition) is 4. The molecule has 0 unspecified atom stereocenters. The summed E-state index contributed by atoms with van der Waals surface area (Å²) < 4.78 is 1.99. The fourth-order valence-corrected chi connectivity index (χ4v) is 3.05. The summed E-state index contributed by atoms with van der Waals surface area (Å²) in [6, 6.07) is 12.4. The Morgan fingerprint density at radius 2 is 1.91 bits per heavy atom. The van der Waals surface area contributed by atoms with Gasteiger partial charge in [0.15, 0.2) is 11.0 Å². The molecule has 0 radical (unpaired) electrons. The van der Waals surface area contributed by atoms with Crippen LogP contribution in [0, 0.1) is 13.8 Å². The molecule has 1 aromatic carbocycles. The minimum atomic E-state index is 0.795. The van der Waals surface area contributed by atoms with Crippen LogP contribution in [-0.4, -0.2) is 19.7 Å². The van der Waals surface area contributed by atoms with Gasteiger partial charge in [0.05, 0.1) is 0 Å². The molecule has 0 amide bonds. The van der Waals surface area contributed by atoms with E-state index in [0.717, 1.165) is 22.4 Å². The fraction of sp³-hybridized carbons (Fsp3) is 0.235. The largest absolute Gasteiger partial charge is 0.304 e. The van der Waals surface area contributed by atoms with E-state index >= 15 is 0 Å². The Labute approximate surface area is 134 Å². The van der Waals surface area contributed by atoms with Crippen molar-refractivity contribution >= 4 is 11.8 Å². The van der Waals surface area contributed by atoms with Crippen molar-refractivity contribution in [2.45, 2.75) is 24.8 Å². The average molecular weight is 310 g/mol. The predicted octanol–water partition coefficient (Wildman–Crippen LogP) is 3.79. The summed E-state index contributed by atoms with van der Waals surface area (Å²) in [6.45, 7) is 4.28. The zero-order valence-electron chi connectivity index (χ0n) is 12.9. The van der Waals surface area contributed by atoms with Crippen LogP contribution < -0.4 is 0 Å². The highest BCUT2D eigenvalue weighted by atomic mass is 32.2. The van der Waals surface area contributed by atoms with Gasteiger partial charge in [-0.05, 0) is 42.7 Å². The first-order valence-electron chi connectivity index (χ1n) is 7.15. The number of pyridine rings is 1. The monoisotopic (exact) mass is 310 g/mol. The summed E-state index contributed by atoms with van der Waals surface area (Å²) in [5.74, 6) is 1.68. The van der Waals surface area contributed by atoms with Crippen LogP contribution in [0.15, 0.2) is 47.8 Å². The Bertz CT molecular complexity index is 781. The highest BCUT2D eigenvalue weighted by Gasteiger charge is 2.12. The lowest BCUT2D eigenvalue weighted by Gasteiger charge is -2.05. The van der Waals surface area contributed by atoms with Crippen LogP contribution in [0.1, 0.15) is 16.7 Å². The first-order chi connectivity index (χ1) is 10.6. The standard InChI is InChI=1S/C17H18N4S/c1-12-7-8-14(10-13(12)2)11-22-17-20-19-16(21(17)3)15-6-4-5-9-18-15/h4-10H,11H2,1-3H3. The SMILES string of the molecule is Cc1ccc(CSc2nnc(-c3ccccn3)n2C)cc1C. The number of hydrogen-bond donors (Lipinski definition) is 0. The van der Waals surface area contributed by atoms with Gasteiger partial charge in [0.1, 0.15) is 5.69 Å². The van der Waals surface area contributed by atoms with Gasteiger partial charge in [-0.25, -0.2) is 0 Å². The van der Waals surface area contributed by atoms with Crippen LogP contribution in [0.25, 0.3) is 11.5 Å². The second-order valence-corrected chi connectivity index (χ2v) is 6.23. The zero-order chi connectivity index (χ0) is 15.5. The second-order valence-electron chi connectivity index (χ2n) is 5.29. The van der Waals surface area contributed by atoms with E-state index in [1.54, 1.807) is 18.0 Å². The highest BCUT2D eigenvalue weighted by Crippen LogP contribution is 2.25. The maximum Gasteiger partial charge on any atom is 0.191 e. The van der Waals surface area contributed by atoms with Gasteiger partial charge in [-0.2, -0.15) is 0 Å². The summed E-state index contributed by atoms with van der Waals surface area (Å²) >= 11 is 1.69. The molecule has 22 heavy (non-hydrogen) atoms. The Balaban J connectivity index is 1.76. The van der Waals surface area contributed by atoms with Gasteiger partial charge in [0.2, 0.25) is 0 Å². The van der Waals surface area contributed by atoms with Crippen molar-refractivity contribution < 1.29 is 0 Å². The first-order valence-corrected chi connectivity index (χ1v) is 8.13. The molecule has 0 aliphatic rings. The zero-order valence-corrected chi connectivity index (χ0v) is 13.8. The third kappa shape index (κ3) is 3.04. The molecule has 0 spiro atoms. The van der Waals surface area contributed by atoms with Crippen molar-refractivity contribution in [3.63, 3.8) is 0 Å². The molecular formula is C17H18N4S. The fourth-order valence-electron chi connectivity index (χ4n) is 2.20. The van der Waals surface area contributed by atoms with Gasteiger partial charge in [-0.3, -0.25) is 4.98 Å². The Hall–Kier alpha value is -2.14. The minimum absolute atomic E-state index is 0.795. The number of benzene rings is 1. The van der Waals surface area contributed by atoms with Gasteiger partial charge >= 0.3 is 0 Å². The lowest BCUT2D eigenvalue weighted by atomic mass is 10.1. The summed E-state index contributed by atoms with van der Waals surface area (Å²) in [5.41, 5.74) is 4.79. The molecule has 3 aromatic rings. The summed E-state index contributed by atoms with van der Waals surface area (Å²) in [4.78, 5) is 4.33. The van der Waals surface area contributed by atoms with Crippen molar-refractivity contribution in [1.29, 1.82) is 0 Å². The van der Waals surface area contributed by atoms with Gasteiger partial charge < -0.3 is 4.57 Å². The lowest BCUT2D eigenvalue weighted by Crippen LogP contribution is -1.96. The van der Waals surface area contributed by atoms with Gasteiger partial charge in [0, 0.05) is 19.0 Å². The maximum atomic E-state index is 4.33. The van der Waals surface area contributed by atoms with E-state index in [2.05, 4.69) is 47.2 Å². The summed E-state index contributed by atoms with van der Waals surface area (Å²) in [7, 11) is 1.98. The number of thioether (sulfide) groups is 1. The van der Waals surface area contributed by atoms with E-state index in [1.165, 1.54) is 16.7 Å². The molecule has 4 nitrogen and oxygen atoms in total. The van der Waals surface area contributed by atoms with E-state index in [-0.39, 0.29) is 0 Å². The lowest BCUT2D eigenvalue weighted by molar-refractivity contribution is 0.792. The van der Waals surface area contributed by atoms with Crippen molar-refractivity contribution in [1.82, 2.24) is 19.7 Å². The molecule has 0 N–H and O–H groups in total. The van der Waals surface area contributed by atoms with E-state index in [1.807, 2.05) is 29.8 Å². The molecule has 0 saturated heterocycles. The molecule has 0 aliphatic carbocycles. The van der Waals surface area contributed by atoms with E-state index in [9.17, 15) is 0 Å². The van der Waals surface area contributed by atoms with E-state index in [0.29, 0.717) is 0 Å².